The van der Waals surface area contributed by atoms with Gasteiger partial charge in [0.15, 0.2) is 5.84 Å². The predicted molar refractivity (Wildman–Crippen MR) is 67.7 cm³/mol. The quantitative estimate of drug-likeness (QED) is 0.454. The lowest BCUT2D eigenvalue weighted by atomic mass is 10.3. The van der Waals surface area contributed by atoms with E-state index in [-0.39, 0.29) is 5.97 Å². The van der Waals surface area contributed by atoms with Crippen LogP contribution in [0.2, 0.25) is 0 Å². The first-order valence-electron chi connectivity index (χ1n) is 5.06. The number of carbonyl (C=O) groups is 1. The van der Waals surface area contributed by atoms with E-state index in [9.17, 15) is 4.79 Å². The molecule has 0 aliphatic heterocycles. The monoisotopic (exact) mass is 233 g/mol. The van der Waals surface area contributed by atoms with Crippen molar-refractivity contribution in [1.82, 2.24) is 4.57 Å². The fraction of sp³-hybridized carbons (Fsp3) is 0.250. The fourth-order valence-corrected chi connectivity index (χ4v) is 1.39. The molecule has 0 amide bonds. The third kappa shape index (κ3) is 2.90. The zero-order chi connectivity index (χ0) is 12.8. The number of methoxy groups -OCH3 is 1. The average Bonchev–Trinajstić information content (AvgIpc) is 2.70. The van der Waals surface area contributed by atoms with Gasteiger partial charge in [0, 0.05) is 25.7 Å². The Bertz CT molecular complexity index is 484. The molecule has 0 aliphatic rings. The van der Waals surface area contributed by atoms with Crippen molar-refractivity contribution in [3.05, 3.63) is 36.3 Å². The SMILES string of the molecule is C=CN=C(N=CC)c1cc(C(=O)OC)cn1C. The Morgan fingerprint density at radius 2 is 2.29 bits per heavy atom. The normalized spacial score (nSPS) is 11.8. The van der Waals surface area contributed by atoms with E-state index in [1.54, 1.807) is 30.0 Å². The highest BCUT2D eigenvalue weighted by Crippen LogP contribution is 2.10. The molecule has 17 heavy (non-hydrogen) atoms. The minimum absolute atomic E-state index is 0.384. The van der Waals surface area contributed by atoms with Crippen molar-refractivity contribution in [2.45, 2.75) is 6.92 Å². The van der Waals surface area contributed by atoms with Gasteiger partial charge in [0.25, 0.3) is 0 Å². The van der Waals surface area contributed by atoms with Crippen LogP contribution in [0.25, 0.3) is 0 Å². The molecule has 0 N–H and O–H groups in total. The molecule has 1 aromatic rings. The number of hydrogen-bond donors (Lipinski definition) is 0. The molecule has 1 rings (SSSR count). The van der Waals surface area contributed by atoms with Crippen molar-refractivity contribution in [1.29, 1.82) is 0 Å². The smallest absolute Gasteiger partial charge is 0.339 e. The van der Waals surface area contributed by atoms with Crippen molar-refractivity contribution in [3.63, 3.8) is 0 Å². The van der Waals surface area contributed by atoms with Gasteiger partial charge < -0.3 is 9.30 Å². The van der Waals surface area contributed by atoms with Crippen molar-refractivity contribution in [2.24, 2.45) is 17.0 Å². The van der Waals surface area contributed by atoms with Crippen LogP contribution in [0.1, 0.15) is 23.0 Å². The maximum atomic E-state index is 11.4. The summed E-state index contributed by atoms with van der Waals surface area (Å²) in [6.07, 6.45) is 4.71. The van der Waals surface area contributed by atoms with Gasteiger partial charge in [0.05, 0.1) is 18.4 Å². The second kappa shape index (κ2) is 5.79. The second-order valence-corrected chi connectivity index (χ2v) is 3.24. The van der Waals surface area contributed by atoms with Crippen LogP contribution in [0.4, 0.5) is 0 Å². The van der Waals surface area contributed by atoms with E-state index in [4.69, 9.17) is 0 Å². The summed E-state index contributed by atoms with van der Waals surface area (Å²) in [5.41, 5.74) is 1.19. The van der Waals surface area contributed by atoms with Gasteiger partial charge >= 0.3 is 5.97 Å². The van der Waals surface area contributed by atoms with Crippen molar-refractivity contribution >= 4 is 18.0 Å². The van der Waals surface area contributed by atoms with Crippen LogP contribution < -0.4 is 0 Å². The molecule has 0 saturated heterocycles. The van der Waals surface area contributed by atoms with Gasteiger partial charge in [-0.25, -0.2) is 14.8 Å². The summed E-state index contributed by atoms with van der Waals surface area (Å²) in [7, 11) is 3.16. The van der Waals surface area contributed by atoms with E-state index in [2.05, 4.69) is 21.3 Å². The Kier molecular flexibility index (Phi) is 4.39. The number of aliphatic imine (C=N–C) groups is 2. The molecule has 90 valence electrons. The first-order chi connectivity index (χ1) is 8.13. The van der Waals surface area contributed by atoms with E-state index in [1.807, 2.05) is 7.05 Å². The number of amidine groups is 1. The van der Waals surface area contributed by atoms with Gasteiger partial charge in [0.1, 0.15) is 0 Å². The van der Waals surface area contributed by atoms with E-state index in [0.29, 0.717) is 11.4 Å². The number of rotatable bonds is 3. The second-order valence-electron chi connectivity index (χ2n) is 3.24. The zero-order valence-corrected chi connectivity index (χ0v) is 10.2. The van der Waals surface area contributed by atoms with Gasteiger partial charge in [-0.15, -0.1) is 0 Å². The number of aryl methyl sites for hydroxylation is 1. The van der Waals surface area contributed by atoms with Gasteiger partial charge in [-0.3, -0.25) is 0 Å². The molecular formula is C12H15N3O2. The maximum Gasteiger partial charge on any atom is 0.339 e. The van der Waals surface area contributed by atoms with Crippen LogP contribution in [-0.2, 0) is 11.8 Å². The molecule has 5 nitrogen and oxygen atoms in total. The number of nitrogens with zero attached hydrogens (tertiary/aromatic N) is 3. The van der Waals surface area contributed by atoms with Crippen LogP contribution in [0, 0.1) is 0 Å². The number of ether oxygens (including phenoxy) is 1. The molecule has 0 atom stereocenters. The number of carbonyl (C=O) groups excluding carboxylic acids is 1. The highest BCUT2D eigenvalue weighted by atomic mass is 16.5. The average molecular weight is 233 g/mol. The molecule has 0 unspecified atom stereocenters. The van der Waals surface area contributed by atoms with E-state index >= 15 is 0 Å². The van der Waals surface area contributed by atoms with E-state index < -0.39 is 0 Å². The summed E-state index contributed by atoms with van der Waals surface area (Å²) < 4.78 is 6.42. The molecule has 1 aromatic heterocycles. The Balaban J connectivity index is 3.21. The third-order valence-electron chi connectivity index (χ3n) is 2.12. The Hall–Kier alpha value is -2.17. The maximum absolute atomic E-state index is 11.4. The van der Waals surface area contributed by atoms with Gasteiger partial charge in [0.2, 0.25) is 0 Å². The number of aromatic nitrogens is 1. The molecule has 0 aromatic carbocycles. The molecule has 5 heteroatoms. The Morgan fingerprint density at radius 3 is 2.82 bits per heavy atom. The molecular weight excluding hydrogens is 218 g/mol. The minimum atomic E-state index is -0.384. The summed E-state index contributed by atoms with van der Waals surface area (Å²) >= 11 is 0. The largest absolute Gasteiger partial charge is 0.465 e. The van der Waals surface area contributed by atoms with Crippen LogP contribution in [0.3, 0.4) is 0 Å². The molecule has 0 saturated carbocycles. The number of hydrogen-bond acceptors (Lipinski definition) is 3. The predicted octanol–water partition coefficient (Wildman–Crippen LogP) is 1.79. The van der Waals surface area contributed by atoms with E-state index in [1.165, 1.54) is 13.3 Å². The molecule has 0 spiro atoms. The van der Waals surface area contributed by atoms with Gasteiger partial charge in [-0.2, -0.15) is 0 Å². The topological polar surface area (TPSA) is 55.9 Å². The third-order valence-corrected chi connectivity index (χ3v) is 2.12. The lowest BCUT2D eigenvalue weighted by Gasteiger charge is -2.00. The Labute approximate surface area is 100 Å². The summed E-state index contributed by atoms with van der Waals surface area (Å²) in [5, 5.41) is 0. The molecule has 0 aliphatic carbocycles. The highest BCUT2D eigenvalue weighted by molar-refractivity contribution is 6.03. The van der Waals surface area contributed by atoms with Crippen molar-refractivity contribution < 1.29 is 9.53 Å². The van der Waals surface area contributed by atoms with Gasteiger partial charge in [-0.05, 0) is 13.0 Å². The van der Waals surface area contributed by atoms with Crippen molar-refractivity contribution in [3.8, 4) is 0 Å². The summed E-state index contributed by atoms with van der Waals surface area (Å²) in [5.74, 6) is 0.116. The first kappa shape index (κ1) is 12.9. The van der Waals surface area contributed by atoms with Crippen LogP contribution in [-0.4, -0.2) is 29.7 Å². The molecule has 1 heterocycles. The summed E-state index contributed by atoms with van der Waals surface area (Å²) in [6.45, 7) is 5.33. The lowest BCUT2D eigenvalue weighted by Crippen LogP contribution is -2.03. The molecule has 0 bridgehead atoms. The lowest BCUT2D eigenvalue weighted by molar-refractivity contribution is 0.0600. The fourth-order valence-electron chi connectivity index (χ4n) is 1.39. The summed E-state index contributed by atoms with van der Waals surface area (Å²) in [6, 6.07) is 1.68. The summed E-state index contributed by atoms with van der Waals surface area (Å²) in [4.78, 5) is 19.6. The van der Waals surface area contributed by atoms with E-state index in [0.717, 1.165) is 5.69 Å². The standard InChI is InChI=1S/C12H15N3O2/c1-5-13-11(14-6-2)10-7-9(8-15(10)3)12(16)17-4/h5-8H,1H2,2-4H3. The van der Waals surface area contributed by atoms with Crippen molar-refractivity contribution in [2.75, 3.05) is 7.11 Å². The van der Waals surface area contributed by atoms with Crippen LogP contribution in [0.15, 0.2) is 35.0 Å². The first-order valence-corrected chi connectivity index (χ1v) is 5.06. The highest BCUT2D eigenvalue weighted by Gasteiger charge is 2.13. The Morgan fingerprint density at radius 1 is 1.59 bits per heavy atom. The molecule has 0 fully saturated rings. The van der Waals surface area contributed by atoms with Crippen LogP contribution >= 0.6 is 0 Å². The minimum Gasteiger partial charge on any atom is -0.465 e. The zero-order valence-electron chi connectivity index (χ0n) is 10.2. The number of esters is 1. The van der Waals surface area contributed by atoms with Gasteiger partial charge in [-0.1, -0.05) is 6.58 Å². The molecule has 0 radical (unpaired) electrons. The van der Waals surface area contributed by atoms with Crippen LogP contribution in [0.5, 0.6) is 0 Å².